The minimum atomic E-state index is -2.42. The first-order valence-corrected chi connectivity index (χ1v) is 21.7. The standard InChI is InChI=1S/C42H50F4N6OSi/c1-23(2)54(24(3)4,25(5)6)14-10-30-35-27(16-33(44)36(30)45)15-29(47)18-31(35)38-37(46)39-32(20-48-38)40(52-13-7-9-26-17-34(26)52)50-41(49-39)53-22-42-11-8-12-51(42)21-28(43)19-42/h15-16,18,20,23-26,28,34H,7-9,11-13,17,19,21-22,47H2,1-6H3/t26?,28-,34?,42+/m1/s1/i22D2. The van der Waals surface area contributed by atoms with E-state index in [-0.39, 0.29) is 80.4 Å². The van der Waals surface area contributed by atoms with Crippen molar-refractivity contribution < 1.29 is 25.0 Å². The predicted molar refractivity (Wildman–Crippen MR) is 210 cm³/mol. The number of hydrogen-bond donors (Lipinski definition) is 1. The summed E-state index contributed by atoms with van der Waals surface area (Å²) in [6, 6.07) is 3.86. The minimum absolute atomic E-state index is 0.0290. The minimum Gasteiger partial charge on any atom is -0.461 e. The summed E-state index contributed by atoms with van der Waals surface area (Å²) in [4.78, 5) is 17.8. The van der Waals surface area contributed by atoms with Crippen LogP contribution in [0, 0.1) is 34.8 Å². The summed E-state index contributed by atoms with van der Waals surface area (Å²) in [7, 11) is -2.42. The zero-order chi connectivity index (χ0) is 40.1. The highest BCUT2D eigenvalue weighted by molar-refractivity contribution is 6.90. The van der Waals surface area contributed by atoms with Crippen molar-refractivity contribution in [1.29, 1.82) is 0 Å². The molecule has 12 heteroatoms. The van der Waals surface area contributed by atoms with Gasteiger partial charge in [0.15, 0.2) is 17.5 Å². The molecule has 2 aromatic carbocycles. The van der Waals surface area contributed by atoms with E-state index in [0.717, 1.165) is 25.3 Å². The molecule has 8 rings (SSSR count). The molecule has 4 aromatic rings. The van der Waals surface area contributed by atoms with Gasteiger partial charge in [0.25, 0.3) is 0 Å². The van der Waals surface area contributed by atoms with Crippen molar-refractivity contribution in [3.8, 4) is 28.7 Å². The Balaban J connectivity index is 1.33. The van der Waals surface area contributed by atoms with Gasteiger partial charge in [-0.1, -0.05) is 47.5 Å². The summed E-state index contributed by atoms with van der Waals surface area (Å²) in [5.41, 5.74) is 9.05. The lowest BCUT2D eigenvalue weighted by molar-refractivity contribution is 0.107. The van der Waals surface area contributed by atoms with E-state index in [1.807, 2.05) is 4.90 Å². The van der Waals surface area contributed by atoms with Gasteiger partial charge in [0.1, 0.15) is 37.8 Å². The maximum absolute atomic E-state index is 17.4. The van der Waals surface area contributed by atoms with Crippen molar-refractivity contribution in [3.63, 3.8) is 0 Å². The molecule has 4 atom stereocenters. The van der Waals surface area contributed by atoms with Crippen LogP contribution < -0.4 is 15.4 Å². The molecule has 4 fully saturated rings. The molecule has 1 aliphatic carbocycles. The van der Waals surface area contributed by atoms with Gasteiger partial charge in [-0.05, 0) is 84.8 Å². The highest BCUT2D eigenvalue weighted by atomic mass is 28.3. The van der Waals surface area contributed by atoms with E-state index < -0.39 is 43.8 Å². The number of nitrogen functional groups attached to an aromatic ring is 1. The lowest BCUT2D eigenvalue weighted by atomic mass is 9.95. The van der Waals surface area contributed by atoms with Gasteiger partial charge in [0.05, 0.1) is 19.2 Å². The Labute approximate surface area is 318 Å². The molecule has 7 nitrogen and oxygen atoms in total. The number of nitrogens with two attached hydrogens (primary N) is 1. The SMILES string of the molecule is [2H]C([2H])(Oc1nc(N2CCCC3CC32)c2cnc(-c3cc(N)cc4cc(F)c(F)c(C#C[Si](C(C)C)(C(C)C)C(C)C)c34)c(F)c2n1)[C@@]12CCCN1C[C@H](F)C2. The second-order valence-electron chi connectivity index (χ2n) is 16.9. The number of halogens is 4. The topological polar surface area (TPSA) is 80.4 Å². The molecule has 3 saturated heterocycles. The van der Waals surface area contributed by atoms with Gasteiger partial charge in [0.2, 0.25) is 0 Å². The third kappa shape index (κ3) is 6.01. The lowest BCUT2D eigenvalue weighted by Crippen LogP contribution is -2.43. The molecule has 0 bridgehead atoms. The molecule has 2 N–H and O–H groups in total. The highest BCUT2D eigenvalue weighted by Gasteiger charge is 2.50. The largest absolute Gasteiger partial charge is 0.461 e. The number of nitrogens with zero attached hydrogens (tertiary/aromatic N) is 5. The predicted octanol–water partition coefficient (Wildman–Crippen LogP) is 9.36. The molecule has 2 unspecified atom stereocenters. The number of anilines is 2. The van der Waals surface area contributed by atoms with Gasteiger partial charge < -0.3 is 15.4 Å². The van der Waals surface area contributed by atoms with E-state index in [2.05, 4.69) is 67.9 Å². The lowest BCUT2D eigenvalue weighted by Gasteiger charge is -2.38. The number of alkyl halides is 1. The number of rotatable bonds is 8. The van der Waals surface area contributed by atoms with Gasteiger partial charge in [0, 0.05) is 48.4 Å². The van der Waals surface area contributed by atoms with Crippen LogP contribution in [0.3, 0.4) is 0 Å². The normalized spacial score (nSPS) is 24.9. The van der Waals surface area contributed by atoms with Gasteiger partial charge >= 0.3 is 6.01 Å². The molecule has 3 aliphatic heterocycles. The molecular weight excluding hydrogens is 709 g/mol. The van der Waals surface area contributed by atoms with E-state index in [9.17, 15) is 4.39 Å². The Morgan fingerprint density at radius 2 is 1.80 bits per heavy atom. The average Bonchev–Trinajstić information content (AvgIpc) is 3.70. The summed E-state index contributed by atoms with van der Waals surface area (Å²) in [5, 5.41) is 0.730. The van der Waals surface area contributed by atoms with Crippen molar-refractivity contribution in [2.75, 3.05) is 36.8 Å². The summed E-state index contributed by atoms with van der Waals surface area (Å²) in [6.07, 6.45) is 4.29. The van der Waals surface area contributed by atoms with Crippen LogP contribution >= 0.6 is 0 Å². The number of piperidine rings is 1. The molecule has 286 valence electrons. The summed E-state index contributed by atoms with van der Waals surface area (Å²) < 4.78 is 88.0. The van der Waals surface area contributed by atoms with Crippen LogP contribution in [0.5, 0.6) is 6.01 Å². The smallest absolute Gasteiger partial charge is 0.319 e. The quantitative estimate of drug-likeness (QED) is 0.0830. The van der Waals surface area contributed by atoms with Gasteiger partial charge in [-0.2, -0.15) is 9.97 Å². The molecule has 0 radical (unpaired) electrons. The van der Waals surface area contributed by atoms with Crippen LogP contribution in [-0.4, -0.2) is 71.9 Å². The molecule has 2 aromatic heterocycles. The zero-order valence-electron chi connectivity index (χ0n) is 33.9. The number of fused-ring (bicyclic) bond motifs is 4. The number of benzene rings is 2. The van der Waals surface area contributed by atoms with Crippen molar-refractivity contribution in [3.05, 3.63) is 47.4 Å². The second kappa shape index (κ2) is 13.7. The van der Waals surface area contributed by atoms with Crippen molar-refractivity contribution in [2.45, 2.75) is 114 Å². The molecule has 54 heavy (non-hydrogen) atoms. The summed E-state index contributed by atoms with van der Waals surface area (Å²) in [6.45, 7) is 11.7. The Morgan fingerprint density at radius 1 is 1.04 bits per heavy atom. The molecule has 0 spiro atoms. The van der Waals surface area contributed by atoms with Gasteiger partial charge in [-0.15, -0.1) is 5.54 Å². The maximum atomic E-state index is 17.4. The fourth-order valence-electron chi connectivity index (χ4n) is 10.2. The molecule has 5 heterocycles. The van der Waals surface area contributed by atoms with E-state index in [4.69, 9.17) is 18.2 Å². The Kier molecular flexibility index (Phi) is 8.73. The van der Waals surface area contributed by atoms with E-state index in [1.165, 1.54) is 18.3 Å². The van der Waals surface area contributed by atoms with Crippen LogP contribution in [0.25, 0.3) is 32.9 Å². The first kappa shape index (κ1) is 34.5. The van der Waals surface area contributed by atoms with Crippen molar-refractivity contribution in [1.82, 2.24) is 19.9 Å². The Bertz CT molecular complexity index is 2280. The van der Waals surface area contributed by atoms with Crippen LogP contribution in [0.15, 0.2) is 24.4 Å². The Hall–Kier alpha value is -3.95. The van der Waals surface area contributed by atoms with E-state index >= 15 is 13.2 Å². The third-order valence-corrected chi connectivity index (χ3v) is 19.1. The van der Waals surface area contributed by atoms with Crippen LogP contribution in [0.2, 0.25) is 16.6 Å². The van der Waals surface area contributed by atoms with E-state index in [1.54, 1.807) is 0 Å². The highest BCUT2D eigenvalue weighted by Crippen LogP contribution is 2.48. The van der Waals surface area contributed by atoms with Crippen LogP contribution in [0.4, 0.5) is 29.1 Å². The zero-order valence-corrected chi connectivity index (χ0v) is 32.9. The first-order valence-electron chi connectivity index (χ1n) is 20.4. The molecule has 0 amide bonds. The maximum Gasteiger partial charge on any atom is 0.319 e. The molecule has 4 aliphatic rings. The number of hydrogen-bond acceptors (Lipinski definition) is 7. The van der Waals surface area contributed by atoms with Crippen LogP contribution in [-0.2, 0) is 0 Å². The molecular formula is C42H50F4N6OSi. The number of ether oxygens (including phenoxy) is 1. The van der Waals surface area contributed by atoms with Gasteiger partial charge in [-0.25, -0.2) is 17.6 Å². The summed E-state index contributed by atoms with van der Waals surface area (Å²) >= 11 is 0. The Morgan fingerprint density at radius 3 is 2.54 bits per heavy atom. The summed E-state index contributed by atoms with van der Waals surface area (Å²) in [5.74, 6) is 0.852. The van der Waals surface area contributed by atoms with E-state index in [0.29, 0.717) is 43.1 Å². The fourth-order valence-corrected chi connectivity index (χ4v) is 15.4. The van der Waals surface area contributed by atoms with Gasteiger partial charge in [-0.3, -0.25) is 9.88 Å². The fraction of sp³-hybridized carbons (Fsp3) is 0.548. The second-order valence-corrected chi connectivity index (χ2v) is 22.4. The monoisotopic (exact) mass is 760 g/mol. The average molecular weight is 761 g/mol. The number of aromatic nitrogens is 3. The van der Waals surface area contributed by atoms with Crippen LogP contribution in [0.1, 0.15) is 88.4 Å². The van der Waals surface area contributed by atoms with Crippen molar-refractivity contribution in [2.24, 2.45) is 5.92 Å². The number of pyridine rings is 1. The first-order chi connectivity index (χ1) is 26.5. The molecule has 1 saturated carbocycles. The van der Waals surface area contributed by atoms with Crippen molar-refractivity contribution >= 4 is 41.3 Å². The third-order valence-electron chi connectivity index (χ3n) is 12.8.